The Balaban J connectivity index is 1.59. The molecule has 2 fully saturated rings. The van der Waals surface area contributed by atoms with Gasteiger partial charge in [0, 0.05) is 6.54 Å². The van der Waals surface area contributed by atoms with E-state index in [1.165, 1.54) is 25.0 Å². The third-order valence-corrected chi connectivity index (χ3v) is 4.23. The molecule has 4 nitrogen and oxygen atoms in total. The number of halogens is 1. The Hall–Kier alpha value is -1.46. The molecule has 1 atom stereocenters. The van der Waals surface area contributed by atoms with Gasteiger partial charge < -0.3 is 9.64 Å². The zero-order valence-corrected chi connectivity index (χ0v) is 12.1. The number of nitrogens with zero attached hydrogens (tertiary/aromatic N) is 1. The first-order chi connectivity index (χ1) is 10.2. The van der Waals surface area contributed by atoms with Gasteiger partial charge in [0.15, 0.2) is 0 Å². The molecule has 0 aromatic heterocycles. The van der Waals surface area contributed by atoms with E-state index in [0.717, 1.165) is 18.4 Å². The highest BCUT2D eigenvalue weighted by molar-refractivity contribution is 5.80. The third-order valence-electron chi connectivity index (χ3n) is 4.23. The second-order valence-electron chi connectivity index (χ2n) is 5.70. The van der Waals surface area contributed by atoms with Gasteiger partial charge in [0.1, 0.15) is 12.0 Å². The SMILES string of the molecule is O=C1CNC(c2cccc(F)c2)N1CCOC1CCCC1. The Morgan fingerprint density at radius 1 is 1.33 bits per heavy atom. The first-order valence-electron chi connectivity index (χ1n) is 7.64. The first-order valence-corrected chi connectivity index (χ1v) is 7.64. The number of benzene rings is 1. The summed E-state index contributed by atoms with van der Waals surface area (Å²) in [5.74, 6) is -0.241. The van der Waals surface area contributed by atoms with Gasteiger partial charge in [-0.3, -0.25) is 10.1 Å². The van der Waals surface area contributed by atoms with Crippen molar-refractivity contribution in [3.05, 3.63) is 35.6 Å². The average Bonchev–Trinajstić information content (AvgIpc) is 3.10. The highest BCUT2D eigenvalue weighted by Crippen LogP contribution is 2.24. The minimum absolute atomic E-state index is 0.0410. The van der Waals surface area contributed by atoms with E-state index in [-0.39, 0.29) is 17.9 Å². The zero-order valence-electron chi connectivity index (χ0n) is 12.1. The lowest BCUT2D eigenvalue weighted by molar-refractivity contribution is -0.129. The summed E-state index contributed by atoms with van der Waals surface area (Å²) >= 11 is 0. The molecular weight excluding hydrogens is 271 g/mol. The molecule has 0 spiro atoms. The van der Waals surface area contributed by atoms with Crippen molar-refractivity contribution in [2.75, 3.05) is 19.7 Å². The number of carbonyl (C=O) groups is 1. The molecule has 1 N–H and O–H groups in total. The van der Waals surface area contributed by atoms with Gasteiger partial charge in [0.05, 0.1) is 19.3 Å². The first kappa shape index (κ1) is 14.5. The van der Waals surface area contributed by atoms with Crippen LogP contribution in [0.1, 0.15) is 37.4 Å². The van der Waals surface area contributed by atoms with Crippen LogP contribution in [0, 0.1) is 5.82 Å². The third kappa shape index (κ3) is 3.41. The van der Waals surface area contributed by atoms with Crippen LogP contribution in [0.2, 0.25) is 0 Å². The lowest BCUT2D eigenvalue weighted by Crippen LogP contribution is -2.34. The predicted molar refractivity (Wildman–Crippen MR) is 77.1 cm³/mol. The second-order valence-corrected chi connectivity index (χ2v) is 5.70. The molecule has 3 rings (SSSR count). The van der Waals surface area contributed by atoms with Crippen LogP contribution >= 0.6 is 0 Å². The number of nitrogens with one attached hydrogen (secondary N) is 1. The van der Waals surface area contributed by atoms with Gasteiger partial charge in [-0.2, -0.15) is 0 Å². The van der Waals surface area contributed by atoms with Crippen molar-refractivity contribution in [2.24, 2.45) is 0 Å². The summed E-state index contributed by atoms with van der Waals surface area (Å²) in [5, 5.41) is 3.13. The maximum atomic E-state index is 13.3. The van der Waals surface area contributed by atoms with E-state index in [1.807, 2.05) is 6.07 Å². The Morgan fingerprint density at radius 2 is 2.14 bits per heavy atom. The summed E-state index contributed by atoms with van der Waals surface area (Å²) in [4.78, 5) is 13.7. The van der Waals surface area contributed by atoms with Gasteiger partial charge in [0.25, 0.3) is 0 Å². The van der Waals surface area contributed by atoms with Crippen LogP contribution in [-0.2, 0) is 9.53 Å². The van der Waals surface area contributed by atoms with Gasteiger partial charge in [-0.05, 0) is 30.5 Å². The fourth-order valence-corrected chi connectivity index (χ4v) is 3.14. The van der Waals surface area contributed by atoms with Gasteiger partial charge >= 0.3 is 0 Å². The van der Waals surface area contributed by atoms with Crippen LogP contribution in [0.5, 0.6) is 0 Å². The molecule has 1 amide bonds. The molecule has 1 heterocycles. The second kappa shape index (κ2) is 6.54. The van der Waals surface area contributed by atoms with E-state index in [2.05, 4.69) is 5.32 Å². The molecule has 114 valence electrons. The maximum absolute atomic E-state index is 13.3. The van der Waals surface area contributed by atoms with E-state index in [0.29, 0.717) is 25.8 Å². The molecule has 1 saturated carbocycles. The molecule has 1 unspecified atom stereocenters. The molecule has 1 aromatic carbocycles. The van der Waals surface area contributed by atoms with E-state index in [4.69, 9.17) is 4.74 Å². The monoisotopic (exact) mass is 292 g/mol. The van der Waals surface area contributed by atoms with Crippen molar-refractivity contribution in [1.29, 1.82) is 0 Å². The van der Waals surface area contributed by atoms with Crippen molar-refractivity contribution >= 4 is 5.91 Å². The standard InChI is InChI=1S/C16H21FN2O2/c17-13-5-3-4-12(10-13)16-18-11-15(20)19(16)8-9-21-14-6-1-2-7-14/h3-5,10,14,16,18H,1-2,6-9,11H2. The van der Waals surface area contributed by atoms with Crippen LogP contribution in [-0.4, -0.2) is 36.6 Å². The zero-order chi connectivity index (χ0) is 14.7. The van der Waals surface area contributed by atoms with Crippen LogP contribution in [0.3, 0.4) is 0 Å². The summed E-state index contributed by atoms with van der Waals surface area (Å²) < 4.78 is 19.2. The number of hydrogen-bond donors (Lipinski definition) is 1. The highest BCUT2D eigenvalue weighted by Gasteiger charge is 2.31. The summed E-state index contributed by atoms with van der Waals surface area (Å²) in [6.45, 7) is 1.39. The minimum atomic E-state index is -0.282. The Bertz CT molecular complexity index is 503. The average molecular weight is 292 g/mol. The highest BCUT2D eigenvalue weighted by atomic mass is 19.1. The van der Waals surface area contributed by atoms with Gasteiger partial charge in [-0.25, -0.2) is 4.39 Å². The predicted octanol–water partition coefficient (Wildman–Crippen LogP) is 2.22. The molecule has 21 heavy (non-hydrogen) atoms. The Kier molecular flexibility index (Phi) is 4.51. The molecular formula is C16H21FN2O2. The largest absolute Gasteiger partial charge is 0.376 e. The summed E-state index contributed by atoms with van der Waals surface area (Å²) in [5.41, 5.74) is 0.779. The summed E-state index contributed by atoms with van der Waals surface area (Å²) in [6.07, 6.45) is 4.82. The fraction of sp³-hybridized carbons (Fsp3) is 0.562. The normalized spacial score (nSPS) is 23.2. The van der Waals surface area contributed by atoms with Crippen LogP contribution in [0.25, 0.3) is 0 Å². The van der Waals surface area contributed by atoms with E-state index in [9.17, 15) is 9.18 Å². The summed E-state index contributed by atoms with van der Waals surface area (Å²) in [6, 6.07) is 6.39. The van der Waals surface area contributed by atoms with E-state index < -0.39 is 0 Å². The number of carbonyl (C=O) groups excluding carboxylic acids is 1. The van der Waals surface area contributed by atoms with Crippen molar-refractivity contribution < 1.29 is 13.9 Å². The van der Waals surface area contributed by atoms with Crippen LogP contribution in [0.15, 0.2) is 24.3 Å². The van der Waals surface area contributed by atoms with E-state index >= 15 is 0 Å². The van der Waals surface area contributed by atoms with Crippen molar-refractivity contribution in [1.82, 2.24) is 10.2 Å². The van der Waals surface area contributed by atoms with Crippen molar-refractivity contribution in [3.8, 4) is 0 Å². The lowest BCUT2D eigenvalue weighted by Gasteiger charge is -2.25. The van der Waals surface area contributed by atoms with Gasteiger partial charge in [-0.1, -0.05) is 25.0 Å². The molecule has 0 radical (unpaired) electrons. The molecule has 1 saturated heterocycles. The van der Waals surface area contributed by atoms with Crippen molar-refractivity contribution in [3.63, 3.8) is 0 Å². The van der Waals surface area contributed by atoms with E-state index in [1.54, 1.807) is 11.0 Å². The molecule has 0 bridgehead atoms. The number of amides is 1. The lowest BCUT2D eigenvalue weighted by atomic mass is 10.1. The van der Waals surface area contributed by atoms with Crippen molar-refractivity contribution in [2.45, 2.75) is 38.0 Å². The topological polar surface area (TPSA) is 41.6 Å². The molecule has 1 aliphatic carbocycles. The smallest absolute Gasteiger partial charge is 0.238 e. The van der Waals surface area contributed by atoms with Gasteiger partial charge in [-0.15, -0.1) is 0 Å². The quantitative estimate of drug-likeness (QED) is 0.904. The molecule has 5 heteroatoms. The number of ether oxygens (including phenoxy) is 1. The Morgan fingerprint density at radius 3 is 2.90 bits per heavy atom. The number of hydrogen-bond acceptors (Lipinski definition) is 3. The maximum Gasteiger partial charge on any atom is 0.238 e. The number of rotatable bonds is 5. The summed E-state index contributed by atoms with van der Waals surface area (Å²) in [7, 11) is 0. The molecule has 1 aliphatic heterocycles. The minimum Gasteiger partial charge on any atom is -0.376 e. The molecule has 2 aliphatic rings. The molecule has 1 aromatic rings. The Labute approximate surface area is 124 Å². The van der Waals surface area contributed by atoms with Crippen LogP contribution < -0.4 is 5.32 Å². The van der Waals surface area contributed by atoms with Gasteiger partial charge in [0.2, 0.25) is 5.91 Å². The fourth-order valence-electron chi connectivity index (χ4n) is 3.14. The van der Waals surface area contributed by atoms with Crippen LogP contribution in [0.4, 0.5) is 4.39 Å².